The van der Waals surface area contributed by atoms with Crippen LogP contribution in [0, 0.1) is 11.8 Å². The minimum atomic E-state index is -0.132. The molecule has 0 aromatic rings. The van der Waals surface area contributed by atoms with Crippen molar-refractivity contribution in [3.8, 4) is 0 Å². The lowest BCUT2D eigenvalue weighted by atomic mass is 9.92. The summed E-state index contributed by atoms with van der Waals surface area (Å²) in [4.78, 5) is 39.3. The van der Waals surface area contributed by atoms with Crippen LogP contribution in [0.1, 0.15) is 240 Å². The maximum Gasteiger partial charge on any atom is 0.320 e. The Bertz CT molecular complexity index is 789. The molecule has 0 bridgehead atoms. The Morgan fingerprint density at radius 2 is 0.764 bits per heavy atom. The molecule has 7 nitrogen and oxygen atoms in total. The number of likely N-dealkylation sites (N-methyl/N-ethyl adjacent to an activating group) is 1. The van der Waals surface area contributed by atoms with Gasteiger partial charge in [-0.05, 0) is 76.8 Å². The fourth-order valence-corrected chi connectivity index (χ4v) is 7.58. The van der Waals surface area contributed by atoms with E-state index in [4.69, 9.17) is 14.2 Å². The van der Waals surface area contributed by atoms with Crippen molar-refractivity contribution >= 4 is 17.9 Å². The predicted molar refractivity (Wildman–Crippen MR) is 232 cm³/mol. The van der Waals surface area contributed by atoms with E-state index in [0.717, 1.165) is 96.4 Å². The molecular formula is C48H93NO6. The van der Waals surface area contributed by atoms with E-state index in [9.17, 15) is 14.4 Å². The summed E-state index contributed by atoms with van der Waals surface area (Å²) in [5.41, 5.74) is 0. The summed E-state index contributed by atoms with van der Waals surface area (Å²) in [5.74, 6) is 1.17. The highest BCUT2D eigenvalue weighted by Gasteiger charge is 2.16. The summed E-state index contributed by atoms with van der Waals surface area (Å²) in [6, 6.07) is 0. The smallest absolute Gasteiger partial charge is 0.320 e. The van der Waals surface area contributed by atoms with E-state index >= 15 is 0 Å². The summed E-state index contributed by atoms with van der Waals surface area (Å²) >= 11 is 0. The van der Waals surface area contributed by atoms with Gasteiger partial charge < -0.3 is 14.2 Å². The molecule has 0 spiro atoms. The van der Waals surface area contributed by atoms with Crippen molar-refractivity contribution in [1.82, 2.24) is 4.90 Å². The van der Waals surface area contributed by atoms with E-state index in [-0.39, 0.29) is 24.0 Å². The van der Waals surface area contributed by atoms with Crippen LogP contribution in [0.4, 0.5) is 0 Å². The van der Waals surface area contributed by atoms with Gasteiger partial charge in [0.2, 0.25) is 0 Å². The van der Waals surface area contributed by atoms with E-state index in [0.29, 0.717) is 44.4 Å². The third-order valence-electron chi connectivity index (χ3n) is 11.5. The summed E-state index contributed by atoms with van der Waals surface area (Å²) in [5, 5.41) is 0. The Hall–Kier alpha value is -1.63. The molecular weight excluding hydrogens is 687 g/mol. The molecule has 7 heteroatoms. The van der Waals surface area contributed by atoms with Crippen molar-refractivity contribution < 1.29 is 28.6 Å². The third kappa shape index (κ3) is 36.5. The Kier molecular flexibility index (Phi) is 39.4. The molecule has 0 heterocycles. The number of hydrogen-bond acceptors (Lipinski definition) is 7. The fourth-order valence-electron chi connectivity index (χ4n) is 7.58. The number of esters is 3. The van der Waals surface area contributed by atoms with Crippen molar-refractivity contribution in [3.05, 3.63) is 0 Å². The summed E-state index contributed by atoms with van der Waals surface area (Å²) in [6.45, 7) is 13.4. The highest BCUT2D eigenvalue weighted by atomic mass is 16.5. The van der Waals surface area contributed by atoms with Crippen LogP contribution in [0.25, 0.3) is 0 Å². The quantitative estimate of drug-likeness (QED) is 0.0347. The third-order valence-corrected chi connectivity index (χ3v) is 11.5. The van der Waals surface area contributed by atoms with Crippen molar-refractivity contribution in [1.29, 1.82) is 0 Å². The van der Waals surface area contributed by atoms with Crippen LogP contribution in [0.3, 0.4) is 0 Å². The number of hydrogen-bond donors (Lipinski definition) is 0. The molecule has 0 N–H and O–H groups in total. The molecule has 0 atom stereocenters. The second-order valence-corrected chi connectivity index (χ2v) is 16.8. The topological polar surface area (TPSA) is 82.1 Å². The van der Waals surface area contributed by atoms with Crippen molar-refractivity contribution in [3.63, 3.8) is 0 Å². The lowest BCUT2D eigenvalue weighted by molar-refractivity contribution is -0.151. The molecule has 0 saturated heterocycles. The maximum atomic E-state index is 12.6. The molecule has 0 amide bonds. The second-order valence-electron chi connectivity index (χ2n) is 16.8. The molecule has 0 aliphatic heterocycles. The minimum Gasteiger partial charge on any atom is -0.466 e. The van der Waals surface area contributed by atoms with Gasteiger partial charge in [-0.2, -0.15) is 0 Å². The second kappa shape index (κ2) is 40.6. The zero-order valence-electron chi connectivity index (χ0n) is 37.6. The highest BCUT2D eigenvalue weighted by molar-refractivity contribution is 5.71. The van der Waals surface area contributed by atoms with Gasteiger partial charge in [0, 0.05) is 12.8 Å². The molecule has 326 valence electrons. The zero-order valence-corrected chi connectivity index (χ0v) is 37.6. The molecule has 0 aromatic heterocycles. The summed E-state index contributed by atoms with van der Waals surface area (Å²) in [7, 11) is 1.95. The van der Waals surface area contributed by atoms with Crippen LogP contribution in [0.2, 0.25) is 0 Å². The first-order chi connectivity index (χ1) is 26.8. The number of carbonyl (C=O) groups excluding carboxylic acids is 3. The van der Waals surface area contributed by atoms with Gasteiger partial charge in [0.05, 0.1) is 19.8 Å². The van der Waals surface area contributed by atoms with Crippen LogP contribution in [0.15, 0.2) is 0 Å². The fraction of sp³-hybridized carbons (Fsp3) is 0.938. The largest absolute Gasteiger partial charge is 0.466 e. The van der Waals surface area contributed by atoms with Gasteiger partial charge in [-0.15, -0.1) is 0 Å². The van der Waals surface area contributed by atoms with Gasteiger partial charge in [-0.1, -0.05) is 176 Å². The van der Waals surface area contributed by atoms with E-state index in [1.807, 2.05) is 18.9 Å². The van der Waals surface area contributed by atoms with E-state index in [2.05, 4.69) is 27.7 Å². The van der Waals surface area contributed by atoms with Crippen molar-refractivity contribution in [2.75, 3.05) is 33.4 Å². The molecule has 0 fully saturated rings. The molecule has 55 heavy (non-hydrogen) atoms. The first-order valence-electron chi connectivity index (χ1n) is 24.0. The normalized spacial score (nSPS) is 11.7. The minimum absolute atomic E-state index is 0.0387. The van der Waals surface area contributed by atoms with Crippen LogP contribution >= 0.6 is 0 Å². The molecule has 0 saturated carbocycles. The average molecular weight is 780 g/mol. The van der Waals surface area contributed by atoms with Gasteiger partial charge >= 0.3 is 17.9 Å². The maximum absolute atomic E-state index is 12.6. The van der Waals surface area contributed by atoms with Gasteiger partial charge in [-0.3, -0.25) is 19.3 Å². The SMILES string of the molecule is CCCCCC(CCCCC)CCOC(=O)CCCCCCCC(CCCCCCCC(=O)OCCC(CCCCC)CCCCC)OC(=O)CN(C)CC. The Morgan fingerprint density at radius 1 is 0.418 bits per heavy atom. The monoisotopic (exact) mass is 780 g/mol. The number of nitrogens with zero attached hydrogens (tertiary/aromatic N) is 1. The number of rotatable bonds is 42. The van der Waals surface area contributed by atoms with E-state index in [1.165, 1.54) is 103 Å². The number of unbranched alkanes of at least 4 members (excludes halogenated alkanes) is 16. The Balaban J connectivity index is 4.30. The molecule has 0 rings (SSSR count). The summed E-state index contributed by atoms with van der Waals surface area (Å²) < 4.78 is 17.2. The molecule has 0 unspecified atom stereocenters. The molecule has 0 aromatic carbocycles. The zero-order chi connectivity index (χ0) is 40.6. The Morgan fingerprint density at radius 3 is 1.13 bits per heavy atom. The first kappa shape index (κ1) is 53.4. The Labute approximate surface area is 341 Å². The van der Waals surface area contributed by atoms with Crippen LogP contribution < -0.4 is 0 Å². The van der Waals surface area contributed by atoms with Crippen LogP contribution in [-0.4, -0.2) is 62.3 Å². The van der Waals surface area contributed by atoms with Crippen LogP contribution in [0.5, 0.6) is 0 Å². The summed E-state index contributed by atoms with van der Waals surface area (Å²) in [6.07, 6.45) is 35.5. The van der Waals surface area contributed by atoms with Crippen molar-refractivity contribution in [2.45, 2.75) is 246 Å². The highest BCUT2D eigenvalue weighted by Crippen LogP contribution is 2.23. The van der Waals surface area contributed by atoms with Crippen LogP contribution in [-0.2, 0) is 28.6 Å². The van der Waals surface area contributed by atoms with E-state index < -0.39 is 0 Å². The lowest BCUT2D eigenvalue weighted by Gasteiger charge is -2.20. The van der Waals surface area contributed by atoms with Gasteiger partial charge in [0.25, 0.3) is 0 Å². The van der Waals surface area contributed by atoms with E-state index in [1.54, 1.807) is 0 Å². The predicted octanol–water partition coefficient (Wildman–Crippen LogP) is 13.7. The average Bonchev–Trinajstić information content (AvgIpc) is 3.16. The van der Waals surface area contributed by atoms with Crippen molar-refractivity contribution in [2.24, 2.45) is 11.8 Å². The molecule has 0 aliphatic carbocycles. The standard InChI is InChI=1S/C48H93NO6/c1-7-12-22-30-43(31-23-13-8-2)38-40-53-46(50)36-28-20-16-18-26-34-45(55-48(52)42-49(6)11-5)35-27-19-17-21-29-37-47(51)54-41-39-44(32-24-14-9-3)33-25-15-10-4/h43-45H,7-42H2,1-6H3. The number of ether oxygens (including phenoxy) is 3. The first-order valence-corrected chi connectivity index (χ1v) is 24.0. The van der Waals surface area contributed by atoms with Gasteiger partial charge in [-0.25, -0.2) is 0 Å². The molecule has 0 aliphatic rings. The number of carbonyl (C=O) groups is 3. The lowest BCUT2D eigenvalue weighted by Crippen LogP contribution is -2.30. The van der Waals surface area contributed by atoms with Gasteiger partial charge in [0.15, 0.2) is 0 Å². The van der Waals surface area contributed by atoms with Gasteiger partial charge in [0.1, 0.15) is 6.10 Å². The molecule has 0 radical (unpaired) electrons.